The summed E-state index contributed by atoms with van der Waals surface area (Å²) in [5.74, 6) is 0.889. The first-order valence-corrected chi connectivity index (χ1v) is 6.41. The molecule has 0 atom stereocenters. The highest BCUT2D eigenvalue weighted by molar-refractivity contribution is 5.66. The number of nitrogens with zero attached hydrogens (tertiary/aromatic N) is 3. The Kier molecular flexibility index (Phi) is 4.52. The SMILES string of the molecule is CC(C)OCCCCNc1nccn2nccc12. The number of anilines is 1. The van der Waals surface area contributed by atoms with Gasteiger partial charge >= 0.3 is 0 Å². The lowest BCUT2D eigenvalue weighted by atomic mass is 10.3. The Balaban J connectivity index is 1.75. The second kappa shape index (κ2) is 6.35. The highest BCUT2D eigenvalue weighted by Crippen LogP contribution is 2.12. The standard InChI is InChI=1S/C13H20N4O/c1-11(2)18-10-4-3-6-14-13-12-5-7-16-17(12)9-8-15-13/h5,7-9,11H,3-4,6,10H2,1-2H3,(H,14,15). The number of ether oxygens (including phenoxy) is 1. The highest BCUT2D eigenvalue weighted by Gasteiger charge is 2.01. The summed E-state index contributed by atoms with van der Waals surface area (Å²) in [6.07, 6.45) is 7.83. The summed E-state index contributed by atoms with van der Waals surface area (Å²) in [7, 11) is 0. The summed E-state index contributed by atoms with van der Waals surface area (Å²) in [4.78, 5) is 4.32. The lowest BCUT2D eigenvalue weighted by molar-refractivity contribution is 0.0765. The largest absolute Gasteiger partial charge is 0.379 e. The maximum absolute atomic E-state index is 5.49. The molecule has 2 aromatic rings. The Labute approximate surface area is 107 Å². The van der Waals surface area contributed by atoms with Gasteiger partial charge in [-0.1, -0.05) is 0 Å². The van der Waals surface area contributed by atoms with E-state index in [1.807, 2.05) is 16.8 Å². The quantitative estimate of drug-likeness (QED) is 0.764. The molecule has 18 heavy (non-hydrogen) atoms. The molecule has 2 heterocycles. The molecule has 0 unspecified atom stereocenters. The first kappa shape index (κ1) is 12.8. The van der Waals surface area contributed by atoms with Gasteiger partial charge in [-0.15, -0.1) is 0 Å². The fourth-order valence-electron chi connectivity index (χ4n) is 1.75. The van der Waals surface area contributed by atoms with Crippen LogP contribution in [0.4, 0.5) is 5.82 Å². The van der Waals surface area contributed by atoms with E-state index < -0.39 is 0 Å². The zero-order valence-electron chi connectivity index (χ0n) is 11.0. The molecule has 0 aliphatic carbocycles. The van der Waals surface area contributed by atoms with E-state index in [0.717, 1.165) is 37.3 Å². The van der Waals surface area contributed by atoms with E-state index in [2.05, 4.69) is 29.2 Å². The van der Waals surface area contributed by atoms with Gasteiger partial charge in [0.05, 0.1) is 12.3 Å². The minimum atomic E-state index is 0.320. The Hall–Kier alpha value is -1.62. The van der Waals surface area contributed by atoms with Crippen LogP contribution in [0.2, 0.25) is 0 Å². The van der Waals surface area contributed by atoms with Gasteiger partial charge in [0.15, 0.2) is 5.82 Å². The zero-order chi connectivity index (χ0) is 12.8. The van der Waals surface area contributed by atoms with Gasteiger partial charge in [0.25, 0.3) is 0 Å². The van der Waals surface area contributed by atoms with Gasteiger partial charge < -0.3 is 10.1 Å². The lowest BCUT2D eigenvalue weighted by Crippen LogP contribution is -2.08. The molecule has 0 amide bonds. The van der Waals surface area contributed by atoms with Gasteiger partial charge in [0.1, 0.15) is 5.52 Å². The molecule has 5 nitrogen and oxygen atoms in total. The van der Waals surface area contributed by atoms with Gasteiger partial charge in [0, 0.05) is 25.5 Å². The van der Waals surface area contributed by atoms with Gasteiger partial charge in [-0.3, -0.25) is 0 Å². The third-order valence-corrected chi connectivity index (χ3v) is 2.64. The second-order valence-electron chi connectivity index (χ2n) is 4.49. The van der Waals surface area contributed by atoms with Crippen molar-refractivity contribution in [2.24, 2.45) is 0 Å². The molecule has 0 fully saturated rings. The maximum atomic E-state index is 5.49. The van der Waals surface area contributed by atoms with Crippen LogP contribution in [-0.2, 0) is 4.74 Å². The number of hydrogen-bond acceptors (Lipinski definition) is 4. The predicted octanol–water partition coefficient (Wildman–Crippen LogP) is 2.35. The van der Waals surface area contributed by atoms with Crippen LogP contribution in [0.1, 0.15) is 26.7 Å². The monoisotopic (exact) mass is 248 g/mol. The fourth-order valence-corrected chi connectivity index (χ4v) is 1.75. The smallest absolute Gasteiger partial charge is 0.152 e. The van der Waals surface area contributed by atoms with E-state index in [4.69, 9.17) is 4.74 Å². The first-order chi connectivity index (χ1) is 8.77. The summed E-state index contributed by atoms with van der Waals surface area (Å²) < 4.78 is 7.31. The van der Waals surface area contributed by atoms with Crippen molar-refractivity contribution in [2.75, 3.05) is 18.5 Å². The minimum absolute atomic E-state index is 0.320. The molecule has 1 N–H and O–H groups in total. The van der Waals surface area contributed by atoms with E-state index in [1.54, 1.807) is 12.4 Å². The van der Waals surface area contributed by atoms with Crippen molar-refractivity contribution >= 4 is 11.3 Å². The molecule has 5 heteroatoms. The van der Waals surface area contributed by atoms with Crippen molar-refractivity contribution in [3.05, 3.63) is 24.7 Å². The summed E-state index contributed by atoms with van der Waals surface area (Å²) in [5, 5.41) is 7.51. The molecule has 0 radical (unpaired) electrons. The second-order valence-corrected chi connectivity index (χ2v) is 4.49. The number of aromatic nitrogens is 3. The van der Waals surface area contributed by atoms with Gasteiger partial charge in [-0.05, 0) is 32.8 Å². The average Bonchev–Trinajstić information content (AvgIpc) is 2.82. The molecule has 2 aromatic heterocycles. The van der Waals surface area contributed by atoms with Crippen molar-refractivity contribution < 1.29 is 4.74 Å². The molecule has 0 saturated heterocycles. The molecule has 0 aliphatic heterocycles. The molecule has 2 rings (SSSR count). The summed E-state index contributed by atoms with van der Waals surface area (Å²) in [5.41, 5.74) is 1.01. The zero-order valence-corrected chi connectivity index (χ0v) is 11.0. The van der Waals surface area contributed by atoms with Crippen molar-refractivity contribution in [3.8, 4) is 0 Å². The third-order valence-electron chi connectivity index (χ3n) is 2.64. The van der Waals surface area contributed by atoms with Crippen LogP contribution in [-0.4, -0.2) is 33.9 Å². The molecular formula is C13H20N4O. The number of hydrogen-bond donors (Lipinski definition) is 1. The summed E-state index contributed by atoms with van der Waals surface area (Å²) >= 11 is 0. The van der Waals surface area contributed by atoms with Crippen LogP contribution in [0.3, 0.4) is 0 Å². The number of nitrogens with one attached hydrogen (secondary N) is 1. The lowest BCUT2D eigenvalue weighted by Gasteiger charge is -2.08. The van der Waals surface area contributed by atoms with Crippen LogP contribution in [0.25, 0.3) is 5.52 Å². The molecule has 0 aliphatic rings. The van der Waals surface area contributed by atoms with E-state index >= 15 is 0 Å². The Morgan fingerprint density at radius 2 is 2.22 bits per heavy atom. The van der Waals surface area contributed by atoms with Crippen LogP contribution in [0, 0.1) is 0 Å². The molecule has 98 valence electrons. The van der Waals surface area contributed by atoms with E-state index in [-0.39, 0.29) is 0 Å². The Morgan fingerprint density at radius 3 is 3.06 bits per heavy atom. The van der Waals surface area contributed by atoms with E-state index in [9.17, 15) is 0 Å². The number of rotatable bonds is 7. The topological polar surface area (TPSA) is 51.5 Å². The van der Waals surface area contributed by atoms with Crippen LogP contribution >= 0.6 is 0 Å². The fraction of sp³-hybridized carbons (Fsp3) is 0.538. The molecular weight excluding hydrogens is 228 g/mol. The number of unbranched alkanes of at least 4 members (excludes halogenated alkanes) is 1. The highest BCUT2D eigenvalue weighted by atomic mass is 16.5. The van der Waals surface area contributed by atoms with Crippen LogP contribution < -0.4 is 5.32 Å². The molecule has 0 saturated carbocycles. The van der Waals surface area contributed by atoms with Gasteiger partial charge in [-0.2, -0.15) is 5.10 Å². The summed E-state index contributed by atoms with van der Waals surface area (Å²) in [6.45, 7) is 5.84. The normalized spacial score (nSPS) is 11.3. The van der Waals surface area contributed by atoms with Crippen LogP contribution in [0.5, 0.6) is 0 Å². The Bertz CT molecular complexity index is 481. The van der Waals surface area contributed by atoms with Crippen molar-refractivity contribution in [2.45, 2.75) is 32.8 Å². The summed E-state index contributed by atoms with van der Waals surface area (Å²) in [6, 6.07) is 1.96. The van der Waals surface area contributed by atoms with Gasteiger partial charge in [0.2, 0.25) is 0 Å². The van der Waals surface area contributed by atoms with Crippen LogP contribution in [0.15, 0.2) is 24.7 Å². The average molecular weight is 248 g/mol. The molecule has 0 aromatic carbocycles. The van der Waals surface area contributed by atoms with E-state index in [0.29, 0.717) is 6.10 Å². The van der Waals surface area contributed by atoms with Crippen molar-refractivity contribution in [1.82, 2.24) is 14.6 Å². The third kappa shape index (κ3) is 3.43. The van der Waals surface area contributed by atoms with Crippen molar-refractivity contribution in [3.63, 3.8) is 0 Å². The predicted molar refractivity (Wildman–Crippen MR) is 71.8 cm³/mol. The molecule has 0 bridgehead atoms. The molecule has 0 spiro atoms. The minimum Gasteiger partial charge on any atom is -0.379 e. The van der Waals surface area contributed by atoms with E-state index in [1.165, 1.54) is 0 Å². The number of fused-ring (bicyclic) bond motifs is 1. The Morgan fingerprint density at radius 1 is 1.33 bits per heavy atom. The van der Waals surface area contributed by atoms with Crippen molar-refractivity contribution in [1.29, 1.82) is 0 Å². The first-order valence-electron chi connectivity index (χ1n) is 6.41. The van der Waals surface area contributed by atoms with Gasteiger partial charge in [-0.25, -0.2) is 9.50 Å². The maximum Gasteiger partial charge on any atom is 0.152 e.